The molecule has 13 heteroatoms. The number of benzene rings is 2. The molecule has 4 heterocycles. The van der Waals surface area contributed by atoms with Crippen LogP contribution in [-0.2, 0) is 17.9 Å². The van der Waals surface area contributed by atoms with Gasteiger partial charge in [-0.15, -0.1) is 32.9 Å². The van der Waals surface area contributed by atoms with Crippen molar-refractivity contribution >= 4 is 52.0 Å². The molecule has 0 saturated carbocycles. The molecule has 0 saturated heterocycles. The Morgan fingerprint density at radius 1 is 0.956 bits per heavy atom. The van der Waals surface area contributed by atoms with Gasteiger partial charge in [0.15, 0.2) is 22.5 Å². The largest absolute Gasteiger partial charge is 0.493 e. The second-order valence-electron chi connectivity index (χ2n) is 9.98. The minimum atomic E-state index is -0.370. The Labute approximate surface area is 272 Å². The second-order valence-corrected chi connectivity index (χ2v) is 12.8. The Hall–Kier alpha value is -4.46. The summed E-state index contributed by atoms with van der Waals surface area (Å²) >= 11 is 4.26. The number of hydrogen-bond donors (Lipinski definition) is 1. The van der Waals surface area contributed by atoms with E-state index in [2.05, 4.69) is 15.5 Å². The molecule has 1 atom stereocenters. The van der Waals surface area contributed by atoms with E-state index in [1.54, 1.807) is 36.6 Å². The number of methoxy groups -OCH3 is 2. The van der Waals surface area contributed by atoms with Crippen molar-refractivity contribution in [1.82, 2.24) is 25.1 Å². The average molecular weight is 659 g/mol. The van der Waals surface area contributed by atoms with Crippen LogP contribution in [0.2, 0.25) is 0 Å². The molecular weight excluding hydrogens is 629 g/mol. The van der Waals surface area contributed by atoms with Gasteiger partial charge in [-0.1, -0.05) is 66.4 Å². The molecule has 1 aliphatic heterocycles. The molecule has 1 unspecified atom stereocenters. The van der Waals surface area contributed by atoms with Crippen molar-refractivity contribution in [2.75, 3.05) is 20.0 Å². The van der Waals surface area contributed by atoms with Gasteiger partial charge >= 0.3 is 0 Å². The summed E-state index contributed by atoms with van der Waals surface area (Å²) in [5.74, 6) is 1.50. The lowest BCUT2D eigenvalue weighted by atomic mass is 9.99. The SMILES string of the molecule is COc1cccc(C2CC(c3cccs3)=NN2C(=O)CSc2nnc(CNC(=O)c3cccs3)n2Cc2ccccc2)c1OC. The molecule has 10 nitrogen and oxygen atoms in total. The smallest absolute Gasteiger partial charge is 0.261 e. The number of rotatable bonds is 12. The van der Waals surface area contributed by atoms with Crippen LogP contribution in [0.25, 0.3) is 0 Å². The molecule has 45 heavy (non-hydrogen) atoms. The minimum absolute atomic E-state index is 0.0818. The lowest BCUT2D eigenvalue weighted by Gasteiger charge is -2.24. The van der Waals surface area contributed by atoms with Crippen LogP contribution in [0.1, 0.15) is 44.0 Å². The fourth-order valence-electron chi connectivity index (χ4n) is 5.08. The number of para-hydroxylation sites is 1. The molecule has 2 amide bonds. The Bertz CT molecular complexity index is 1790. The summed E-state index contributed by atoms with van der Waals surface area (Å²) in [5.41, 5.74) is 2.71. The molecule has 1 N–H and O–H groups in total. The number of carbonyl (C=O) groups excluding carboxylic acids is 2. The van der Waals surface area contributed by atoms with Gasteiger partial charge in [-0.3, -0.25) is 9.59 Å². The summed E-state index contributed by atoms with van der Waals surface area (Å²) in [7, 11) is 3.19. The van der Waals surface area contributed by atoms with Crippen molar-refractivity contribution in [3.8, 4) is 11.5 Å². The summed E-state index contributed by atoms with van der Waals surface area (Å²) in [4.78, 5) is 28.2. The van der Waals surface area contributed by atoms with Gasteiger partial charge in [0, 0.05) is 12.0 Å². The average Bonchev–Trinajstić information content (AvgIpc) is 3.90. The molecule has 0 radical (unpaired) electrons. The number of hydrazone groups is 1. The van der Waals surface area contributed by atoms with Crippen LogP contribution >= 0.6 is 34.4 Å². The second kappa shape index (κ2) is 14.1. The van der Waals surface area contributed by atoms with Crippen LogP contribution in [0, 0.1) is 0 Å². The fourth-order valence-corrected chi connectivity index (χ4v) is 7.25. The van der Waals surface area contributed by atoms with Crippen molar-refractivity contribution in [1.29, 1.82) is 0 Å². The summed E-state index contributed by atoms with van der Waals surface area (Å²) in [6.45, 7) is 0.686. The van der Waals surface area contributed by atoms with Crippen LogP contribution in [0.5, 0.6) is 11.5 Å². The quantitative estimate of drug-likeness (QED) is 0.167. The molecule has 6 rings (SSSR count). The number of ether oxygens (including phenoxy) is 2. The third kappa shape index (κ3) is 6.80. The maximum atomic E-state index is 13.9. The van der Waals surface area contributed by atoms with E-state index in [1.165, 1.54) is 23.1 Å². The van der Waals surface area contributed by atoms with E-state index < -0.39 is 0 Å². The monoisotopic (exact) mass is 658 g/mol. The maximum Gasteiger partial charge on any atom is 0.261 e. The van der Waals surface area contributed by atoms with Crippen LogP contribution in [-0.4, -0.2) is 57.3 Å². The summed E-state index contributed by atoms with van der Waals surface area (Å²) in [5, 5.41) is 22.6. The highest BCUT2D eigenvalue weighted by Crippen LogP contribution is 2.42. The van der Waals surface area contributed by atoms with E-state index in [0.29, 0.717) is 40.3 Å². The van der Waals surface area contributed by atoms with Gasteiger partial charge in [0.25, 0.3) is 11.8 Å². The van der Waals surface area contributed by atoms with Crippen LogP contribution < -0.4 is 14.8 Å². The van der Waals surface area contributed by atoms with Crippen LogP contribution in [0.3, 0.4) is 0 Å². The van der Waals surface area contributed by atoms with E-state index in [1.807, 2.05) is 82.1 Å². The number of carbonyl (C=O) groups is 2. The number of amides is 2. The van der Waals surface area contributed by atoms with Crippen molar-refractivity contribution in [3.05, 3.63) is 110 Å². The Morgan fingerprint density at radius 2 is 1.78 bits per heavy atom. The first-order valence-corrected chi connectivity index (χ1v) is 16.8. The van der Waals surface area contributed by atoms with Crippen molar-refractivity contribution in [2.24, 2.45) is 5.10 Å². The topological polar surface area (TPSA) is 111 Å². The van der Waals surface area contributed by atoms with Crippen LogP contribution in [0.4, 0.5) is 0 Å². The molecule has 0 aliphatic carbocycles. The Kier molecular flexibility index (Phi) is 9.58. The number of thiophene rings is 2. The van der Waals surface area contributed by atoms with Gasteiger partial charge in [0.05, 0.1) is 54.6 Å². The zero-order chi connectivity index (χ0) is 31.2. The maximum absolute atomic E-state index is 13.9. The third-order valence-corrected chi connectivity index (χ3v) is 9.96. The third-order valence-electron chi connectivity index (χ3n) is 7.22. The van der Waals surface area contributed by atoms with E-state index >= 15 is 0 Å². The van der Waals surface area contributed by atoms with E-state index in [4.69, 9.17) is 14.6 Å². The van der Waals surface area contributed by atoms with E-state index in [0.717, 1.165) is 21.7 Å². The van der Waals surface area contributed by atoms with Crippen molar-refractivity contribution in [2.45, 2.75) is 30.7 Å². The minimum Gasteiger partial charge on any atom is -0.493 e. The van der Waals surface area contributed by atoms with Gasteiger partial charge in [-0.25, -0.2) is 5.01 Å². The summed E-state index contributed by atoms with van der Waals surface area (Å²) in [6, 6.07) is 22.8. The highest BCUT2D eigenvalue weighted by molar-refractivity contribution is 7.99. The first-order chi connectivity index (χ1) is 22.1. The number of nitrogens with zero attached hydrogens (tertiary/aromatic N) is 5. The predicted molar refractivity (Wildman–Crippen MR) is 176 cm³/mol. The molecule has 230 valence electrons. The number of thioether (sulfide) groups is 1. The molecule has 0 bridgehead atoms. The Morgan fingerprint density at radius 3 is 2.51 bits per heavy atom. The normalized spacial score (nSPS) is 14.3. The van der Waals surface area contributed by atoms with Gasteiger partial charge in [-0.05, 0) is 34.5 Å². The lowest BCUT2D eigenvalue weighted by molar-refractivity contribution is -0.130. The fraction of sp³-hybridized carbons (Fsp3) is 0.219. The van der Waals surface area contributed by atoms with Gasteiger partial charge in [0.2, 0.25) is 0 Å². The molecule has 5 aromatic rings. The zero-order valence-electron chi connectivity index (χ0n) is 24.6. The first-order valence-electron chi connectivity index (χ1n) is 14.1. The molecular formula is C32H30N6O4S3. The highest BCUT2D eigenvalue weighted by atomic mass is 32.2. The Balaban J connectivity index is 1.24. The molecule has 2 aromatic carbocycles. The molecule has 1 aliphatic rings. The van der Waals surface area contributed by atoms with Gasteiger partial charge in [0.1, 0.15) is 0 Å². The summed E-state index contributed by atoms with van der Waals surface area (Å²) < 4.78 is 13.2. The van der Waals surface area contributed by atoms with Crippen molar-refractivity contribution in [3.63, 3.8) is 0 Å². The van der Waals surface area contributed by atoms with Gasteiger partial charge in [-0.2, -0.15) is 5.10 Å². The van der Waals surface area contributed by atoms with E-state index in [-0.39, 0.29) is 30.2 Å². The first kappa shape index (κ1) is 30.6. The standard InChI is InChI=1S/C32H30N6O4S3/c1-41-25-12-6-11-22(30(25)42-2)24-17-23(26-13-7-15-43-26)36-38(24)29(39)20-45-32-35-34-28(18-33-31(40)27-14-8-16-44-27)37(32)19-21-9-4-3-5-10-21/h3-16,24H,17-20H2,1-2H3,(H,33,40). The molecule has 0 spiro atoms. The number of hydrogen-bond acceptors (Lipinski definition) is 10. The number of nitrogens with one attached hydrogen (secondary N) is 1. The molecule has 0 fully saturated rings. The number of aromatic nitrogens is 3. The lowest BCUT2D eigenvalue weighted by Crippen LogP contribution is -2.29. The van der Waals surface area contributed by atoms with Crippen molar-refractivity contribution < 1.29 is 19.1 Å². The highest BCUT2D eigenvalue weighted by Gasteiger charge is 2.36. The zero-order valence-corrected chi connectivity index (χ0v) is 27.0. The van der Waals surface area contributed by atoms with Crippen LogP contribution in [0.15, 0.2) is 93.8 Å². The predicted octanol–water partition coefficient (Wildman–Crippen LogP) is 5.87. The van der Waals surface area contributed by atoms with Gasteiger partial charge < -0.3 is 19.4 Å². The van der Waals surface area contributed by atoms with E-state index in [9.17, 15) is 9.59 Å². The summed E-state index contributed by atoms with van der Waals surface area (Å²) in [6.07, 6.45) is 0.540. The molecule has 3 aromatic heterocycles.